The Kier molecular flexibility index (Phi) is 8.74. The van der Waals surface area contributed by atoms with E-state index in [2.05, 4.69) is 34.8 Å². The van der Waals surface area contributed by atoms with E-state index < -0.39 is 0 Å². The van der Waals surface area contributed by atoms with Crippen LogP contribution < -0.4 is 16.4 Å². The van der Waals surface area contributed by atoms with Crippen LogP contribution in [0.5, 0.6) is 0 Å². The Morgan fingerprint density at radius 3 is 2.57 bits per heavy atom. The van der Waals surface area contributed by atoms with Crippen molar-refractivity contribution in [1.29, 1.82) is 0 Å². The van der Waals surface area contributed by atoms with Gasteiger partial charge in [-0.1, -0.05) is 6.92 Å². The van der Waals surface area contributed by atoms with E-state index in [1.54, 1.807) is 16.2 Å². The molecule has 2 aliphatic heterocycles. The Morgan fingerprint density at radius 2 is 1.97 bits per heavy atom. The molecule has 9 heteroatoms. The molecule has 2 saturated heterocycles. The summed E-state index contributed by atoms with van der Waals surface area (Å²) in [5.41, 5.74) is 6.59. The number of amides is 2. The van der Waals surface area contributed by atoms with Crippen molar-refractivity contribution in [2.24, 2.45) is 16.6 Å². The first-order chi connectivity index (χ1) is 14.6. The van der Waals surface area contributed by atoms with Crippen LogP contribution in [0.4, 0.5) is 4.79 Å². The highest BCUT2D eigenvalue weighted by molar-refractivity contribution is 7.09. The fourth-order valence-corrected chi connectivity index (χ4v) is 4.85. The van der Waals surface area contributed by atoms with Crippen molar-refractivity contribution in [3.63, 3.8) is 0 Å². The van der Waals surface area contributed by atoms with Crippen LogP contribution in [0, 0.1) is 5.92 Å². The Morgan fingerprint density at radius 1 is 1.23 bits per heavy atom. The van der Waals surface area contributed by atoms with Crippen molar-refractivity contribution in [3.05, 3.63) is 16.1 Å². The highest BCUT2D eigenvalue weighted by Crippen LogP contribution is 2.20. The van der Waals surface area contributed by atoms with Crippen molar-refractivity contribution in [1.82, 2.24) is 25.4 Å². The lowest BCUT2D eigenvalue weighted by Gasteiger charge is -2.32. The molecular weight excluding hydrogens is 398 g/mol. The number of carbonyl (C=O) groups is 1. The van der Waals surface area contributed by atoms with Gasteiger partial charge in [-0.25, -0.2) is 9.78 Å². The molecule has 1 aromatic rings. The fourth-order valence-electron chi connectivity index (χ4n) is 4.12. The molecule has 2 fully saturated rings. The number of nitrogens with two attached hydrogens (primary N) is 1. The lowest BCUT2D eigenvalue weighted by molar-refractivity contribution is 0.179. The van der Waals surface area contributed by atoms with E-state index in [4.69, 9.17) is 15.7 Å². The summed E-state index contributed by atoms with van der Waals surface area (Å²) in [6.07, 6.45) is 5.21. The highest BCUT2D eigenvalue weighted by Gasteiger charge is 2.23. The maximum atomic E-state index is 11.3. The summed E-state index contributed by atoms with van der Waals surface area (Å²) in [5.74, 6) is 1.53. The van der Waals surface area contributed by atoms with E-state index in [1.807, 2.05) is 0 Å². The number of likely N-dealkylation sites (tertiary alicyclic amines) is 2. The van der Waals surface area contributed by atoms with Crippen molar-refractivity contribution in [2.45, 2.75) is 58.5 Å². The molecule has 0 spiro atoms. The van der Waals surface area contributed by atoms with Crippen LogP contribution >= 0.6 is 11.3 Å². The van der Waals surface area contributed by atoms with Gasteiger partial charge in [-0.05, 0) is 58.0 Å². The largest absolute Gasteiger partial charge is 0.357 e. The number of rotatable bonds is 7. The first-order valence-corrected chi connectivity index (χ1v) is 12.2. The second kappa shape index (κ2) is 11.5. The molecule has 0 saturated carbocycles. The van der Waals surface area contributed by atoms with Crippen molar-refractivity contribution >= 4 is 23.3 Å². The van der Waals surface area contributed by atoms with Crippen LogP contribution in [0.3, 0.4) is 0 Å². The SMILES string of the molecule is CCNC(=NCC1CCN(Cc2csc(CC)n2)CC1)NC1CCN(C(N)=O)CC1. The second-order valence-corrected chi connectivity index (χ2v) is 9.21. The molecule has 3 heterocycles. The molecule has 2 aliphatic rings. The summed E-state index contributed by atoms with van der Waals surface area (Å²) in [6.45, 7) is 10.6. The van der Waals surface area contributed by atoms with E-state index in [0.29, 0.717) is 25.0 Å². The van der Waals surface area contributed by atoms with Crippen molar-refractivity contribution in [2.75, 3.05) is 39.3 Å². The van der Waals surface area contributed by atoms with E-state index >= 15 is 0 Å². The lowest BCUT2D eigenvalue weighted by Crippen LogP contribution is -2.50. The number of guanidine groups is 1. The van der Waals surface area contributed by atoms with Gasteiger partial charge in [0.05, 0.1) is 10.7 Å². The molecule has 4 N–H and O–H groups in total. The van der Waals surface area contributed by atoms with Gasteiger partial charge in [-0.3, -0.25) is 9.89 Å². The molecule has 0 aliphatic carbocycles. The monoisotopic (exact) mass is 435 g/mol. The normalized spacial score (nSPS) is 19.8. The smallest absolute Gasteiger partial charge is 0.314 e. The van der Waals surface area contributed by atoms with Gasteiger partial charge < -0.3 is 21.3 Å². The molecule has 1 aromatic heterocycles. The van der Waals surface area contributed by atoms with Crippen LogP contribution in [-0.2, 0) is 13.0 Å². The van der Waals surface area contributed by atoms with Crippen molar-refractivity contribution in [3.8, 4) is 0 Å². The number of hydrogen-bond acceptors (Lipinski definition) is 5. The summed E-state index contributed by atoms with van der Waals surface area (Å²) in [6, 6.07) is 0.0207. The number of nitrogens with zero attached hydrogens (tertiary/aromatic N) is 4. The predicted molar refractivity (Wildman–Crippen MR) is 123 cm³/mol. The molecule has 0 aromatic carbocycles. The Balaban J connectivity index is 1.41. The summed E-state index contributed by atoms with van der Waals surface area (Å²) in [4.78, 5) is 25.1. The summed E-state index contributed by atoms with van der Waals surface area (Å²) in [7, 11) is 0. The Bertz CT molecular complexity index is 691. The molecule has 0 bridgehead atoms. The van der Waals surface area contributed by atoms with Gasteiger partial charge >= 0.3 is 6.03 Å². The lowest BCUT2D eigenvalue weighted by atomic mass is 9.97. The van der Waals surface area contributed by atoms with Gasteiger partial charge in [-0.15, -0.1) is 11.3 Å². The molecule has 3 rings (SSSR count). The topological polar surface area (TPSA) is 98.9 Å². The second-order valence-electron chi connectivity index (χ2n) is 8.27. The zero-order valence-corrected chi connectivity index (χ0v) is 19.2. The minimum atomic E-state index is -0.319. The predicted octanol–water partition coefficient (Wildman–Crippen LogP) is 2.02. The summed E-state index contributed by atoms with van der Waals surface area (Å²) >= 11 is 1.78. The molecule has 2 amide bonds. The number of nitrogens with one attached hydrogen (secondary N) is 2. The third-order valence-corrected chi connectivity index (χ3v) is 7.04. The molecule has 0 radical (unpaired) electrons. The average Bonchev–Trinajstić information content (AvgIpc) is 3.21. The number of piperidine rings is 2. The fraction of sp³-hybridized carbons (Fsp3) is 0.762. The minimum absolute atomic E-state index is 0.319. The van der Waals surface area contributed by atoms with Crippen molar-refractivity contribution < 1.29 is 4.79 Å². The highest BCUT2D eigenvalue weighted by atomic mass is 32.1. The Hall–Kier alpha value is -1.87. The van der Waals surface area contributed by atoms with E-state index in [0.717, 1.165) is 57.9 Å². The molecular formula is C21H37N7OS. The number of carbonyl (C=O) groups excluding carboxylic acids is 1. The van der Waals surface area contributed by atoms with Crippen LogP contribution in [0.25, 0.3) is 0 Å². The van der Waals surface area contributed by atoms with Gasteiger partial charge in [-0.2, -0.15) is 0 Å². The summed E-state index contributed by atoms with van der Waals surface area (Å²) in [5, 5.41) is 10.4. The maximum Gasteiger partial charge on any atom is 0.314 e. The standard InChI is InChI=1S/C21H37N7OS/c1-3-19-25-18(15-30-19)14-27-9-5-16(6-10-27)13-24-21(23-4-2)26-17-7-11-28(12-8-17)20(22)29/h15-17H,3-14H2,1-2H3,(H2,22,29)(H2,23,24,26). The molecule has 0 unspecified atom stereocenters. The van der Waals surface area contributed by atoms with Gasteiger partial charge in [0.2, 0.25) is 0 Å². The first-order valence-electron chi connectivity index (χ1n) is 11.3. The number of aliphatic imine (C=N–C) groups is 1. The van der Waals surface area contributed by atoms with E-state index in [1.165, 1.54) is 23.5 Å². The molecule has 8 nitrogen and oxygen atoms in total. The maximum absolute atomic E-state index is 11.3. The molecule has 0 atom stereocenters. The third-order valence-electron chi connectivity index (χ3n) is 5.99. The van der Waals surface area contributed by atoms with E-state index in [9.17, 15) is 4.79 Å². The van der Waals surface area contributed by atoms with Crippen LogP contribution in [0.15, 0.2) is 10.4 Å². The van der Waals surface area contributed by atoms with Crippen LogP contribution in [-0.4, -0.2) is 72.1 Å². The zero-order valence-electron chi connectivity index (χ0n) is 18.4. The zero-order chi connectivity index (χ0) is 21.3. The number of primary amides is 1. The van der Waals surface area contributed by atoms with Gasteiger partial charge in [0, 0.05) is 44.1 Å². The molecule has 30 heavy (non-hydrogen) atoms. The number of aryl methyl sites for hydroxylation is 1. The van der Waals surface area contributed by atoms with E-state index in [-0.39, 0.29) is 6.03 Å². The Labute approximate surface area is 184 Å². The van der Waals surface area contributed by atoms with Crippen LogP contribution in [0.1, 0.15) is 50.2 Å². The number of hydrogen-bond donors (Lipinski definition) is 3. The van der Waals surface area contributed by atoms with Gasteiger partial charge in [0.1, 0.15) is 0 Å². The number of aromatic nitrogens is 1. The third kappa shape index (κ3) is 6.84. The quantitative estimate of drug-likeness (QED) is 0.449. The number of thiazole rings is 1. The molecule has 168 valence electrons. The minimum Gasteiger partial charge on any atom is -0.357 e. The van der Waals surface area contributed by atoms with Gasteiger partial charge in [0.25, 0.3) is 0 Å². The average molecular weight is 436 g/mol. The summed E-state index contributed by atoms with van der Waals surface area (Å²) < 4.78 is 0. The van der Waals surface area contributed by atoms with Crippen LogP contribution in [0.2, 0.25) is 0 Å². The number of urea groups is 1. The first kappa shape index (κ1) is 22.8. The van der Waals surface area contributed by atoms with Gasteiger partial charge in [0.15, 0.2) is 5.96 Å².